The van der Waals surface area contributed by atoms with Gasteiger partial charge < -0.3 is 10.4 Å². The van der Waals surface area contributed by atoms with Crippen molar-refractivity contribution in [2.75, 3.05) is 16.8 Å². The average Bonchev–Trinajstić information content (AvgIpc) is 2.73. The monoisotopic (exact) mass is 361 g/mol. The number of carboxylic acids is 1. The number of carbonyl (C=O) groups is 2. The van der Waals surface area contributed by atoms with Crippen LogP contribution in [-0.2, 0) is 21.1 Å². The van der Waals surface area contributed by atoms with Gasteiger partial charge in [0.2, 0.25) is 5.91 Å². The lowest BCUT2D eigenvalue weighted by Crippen LogP contribution is -2.25. The van der Waals surface area contributed by atoms with Crippen LogP contribution in [0.15, 0.2) is 0 Å². The van der Waals surface area contributed by atoms with Crippen LogP contribution in [0.3, 0.4) is 0 Å². The van der Waals surface area contributed by atoms with Gasteiger partial charge in [-0.2, -0.15) is 0 Å². The van der Waals surface area contributed by atoms with E-state index in [1.54, 1.807) is 6.92 Å². The Hall–Kier alpha value is -1.41. The van der Waals surface area contributed by atoms with Crippen LogP contribution in [0.25, 0.3) is 0 Å². The maximum absolute atomic E-state index is 12.0. The fourth-order valence-electron chi connectivity index (χ4n) is 2.33. The minimum atomic E-state index is -3.47. The number of anilines is 1. The van der Waals surface area contributed by atoms with Gasteiger partial charge in [0.15, 0.2) is 9.84 Å². The molecule has 0 aromatic carbocycles. The molecule has 130 valence electrons. The zero-order valence-electron chi connectivity index (χ0n) is 13.6. The number of sulfone groups is 1. The van der Waals surface area contributed by atoms with Crippen LogP contribution < -0.4 is 5.32 Å². The fourth-order valence-corrected chi connectivity index (χ4v) is 4.74. The Bertz CT molecular complexity index is 676. The number of amides is 1. The fraction of sp³-hybridized carbons (Fsp3) is 0.600. The molecule has 1 aromatic heterocycles. The average molecular weight is 361 g/mol. The second kappa shape index (κ2) is 8.44. The third-order valence-corrected chi connectivity index (χ3v) is 6.11. The molecule has 0 radical (unpaired) electrons. The van der Waals surface area contributed by atoms with Crippen molar-refractivity contribution in [1.29, 1.82) is 0 Å². The van der Waals surface area contributed by atoms with E-state index in [9.17, 15) is 23.1 Å². The van der Waals surface area contributed by atoms with Gasteiger partial charge in [-0.15, -0.1) is 11.3 Å². The van der Waals surface area contributed by atoms with Gasteiger partial charge in [-0.05, 0) is 25.3 Å². The van der Waals surface area contributed by atoms with Crippen LogP contribution >= 0.6 is 11.3 Å². The topological polar surface area (TPSA) is 101 Å². The van der Waals surface area contributed by atoms with Crippen LogP contribution in [0.5, 0.6) is 0 Å². The molecule has 1 heterocycles. The van der Waals surface area contributed by atoms with Gasteiger partial charge in [0.05, 0.1) is 11.3 Å². The summed E-state index contributed by atoms with van der Waals surface area (Å²) in [7, 11) is -3.47. The zero-order valence-corrected chi connectivity index (χ0v) is 15.3. The van der Waals surface area contributed by atoms with Crippen molar-refractivity contribution < 1.29 is 23.1 Å². The molecule has 0 saturated carbocycles. The Morgan fingerprint density at radius 1 is 1.22 bits per heavy atom. The molecule has 0 fully saturated rings. The van der Waals surface area contributed by atoms with E-state index in [2.05, 4.69) is 5.32 Å². The minimum absolute atomic E-state index is 0.0241. The third kappa shape index (κ3) is 5.62. The lowest BCUT2D eigenvalue weighted by atomic mass is 10.1. The minimum Gasteiger partial charge on any atom is -0.478 e. The summed E-state index contributed by atoms with van der Waals surface area (Å²) in [6.45, 7) is 5.59. The molecule has 0 saturated heterocycles. The van der Waals surface area contributed by atoms with Gasteiger partial charge in [0, 0.05) is 4.88 Å². The van der Waals surface area contributed by atoms with Crippen molar-refractivity contribution in [1.82, 2.24) is 0 Å². The van der Waals surface area contributed by atoms with Crippen molar-refractivity contribution in [3.05, 3.63) is 16.0 Å². The van der Waals surface area contributed by atoms with Crippen LogP contribution in [-0.4, -0.2) is 36.9 Å². The molecule has 23 heavy (non-hydrogen) atoms. The number of nitrogens with one attached hydrogen (secondary N) is 1. The number of rotatable bonds is 9. The first-order valence-corrected chi connectivity index (χ1v) is 10.2. The maximum Gasteiger partial charge on any atom is 0.339 e. The quantitative estimate of drug-likeness (QED) is 0.659. The first-order valence-electron chi connectivity index (χ1n) is 7.57. The van der Waals surface area contributed by atoms with E-state index >= 15 is 0 Å². The van der Waals surface area contributed by atoms with Crippen molar-refractivity contribution in [3.63, 3.8) is 0 Å². The van der Waals surface area contributed by atoms with Crippen molar-refractivity contribution in [3.8, 4) is 0 Å². The Labute approximate surface area is 140 Å². The highest BCUT2D eigenvalue weighted by Crippen LogP contribution is 2.33. The molecule has 0 aliphatic carbocycles. The standard InChI is InChI=1S/C15H23NO5S2/c1-4-6-7-8-23(20,21)9-12(17)16-14-13(15(18)19)11(5-2)10(3)22-14/h4-9H2,1-3H3,(H,16,17)(H,18,19). The van der Waals surface area contributed by atoms with E-state index < -0.39 is 27.5 Å². The molecule has 0 unspecified atom stereocenters. The molecule has 0 atom stereocenters. The summed E-state index contributed by atoms with van der Waals surface area (Å²) in [6, 6.07) is 0. The third-order valence-electron chi connectivity index (χ3n) is 3.44. The molecule has 2 N–H and O–H groups in total. The second-order valence-electron chi connectivity index (χ2n) is 5.35. The Morgan fingerprint density at radius 2 is 1.87 bits per heavy atom. The molecule has 0 aliphatic rings. The highest BCUT2D eigenvalue weighted by atomic mass is 32.2. The molecule has 0 bridgehead atoms. The summed E-state index contributed by atoms with van der Waals surface area (Å²) in [5, 5.41) is 12.0. The smallest absolute Gasteiger partial charge is 0.339 e. The number of aromatic carboxylic acids is 1. The molecule has 0 spiro atoms. The molecule has 1 aromatic rings. The number of hydrogen-bond donors (Lipinski definition) is 2. The van der Waals surface area contributed by atoms with Crippen molar-refractivity contribution >= 4 is 38.1 Å². The molecule has 6 nitrogen and oxygen atoms in total. The summed E-state index contributed by atoms with van der Waals surface area (Å²) >= 11 is 1.16. The normalized spacial score (nSPS) is 11.4. The van der Waals surface area contributed by atoms with Gasteiger partial charge in [0.25, 0.3) is 0 Å². The summed E-state index contributed by atoms with van der Waals surface area (Å²) in [6.07, 6.45) is 2.77. The molecule has 8 heteroatoms. The van der Waals surface area contributed by atoms with Gasteiger partial charge in [-0.1, -0.05) is 26.7 Å². The van der Waals surface area contributed by atoms with Crippen LogP contribution in [0.1, 0.15) is 53.9 Å². The molecular formula is C15H23NO5S2. The Kier molecular flexibility index (Phi) is 7.21. The predicted molar refractivity (Wildman–Crippen MR) is 92.2 cm³/mol. The first-order chi connectivity index (χ1) is 10.7. The van der Waals surface area contributed by atoms with Crippen LogP contribution in [0.4, 0.5) is 5.00 Å². The molecule has 1 amide bonds. The predicted octanol–water partition coefficient (Wildman–Crippen LogP) is 2.86. The van der Waals surface area contributed by atoms with Crippen LogP contribution in [0, 0.1) is 6.92 Å². The Morgan fingerprint density at radius 3 is 2.39 bits per heavy atom. The van der Waals surface area contributed by atoms with Gasteiger partial charge in [0.1, 0.15) is 10.8 Å². The molecule has 1 rings (SSSR count). The summed E-state index contributed by atoms with van der Waals surface area (Å²) in [5.74, 6) is -2.45. The van der Waals surface area contributed by atoms with E-state index in [1.165, 1.54) is 0 Å². The molecule has 0 aliphatic heterocycles. The number of carboxylic acid groups (broad SMARTS) is 1. The lowest BCUT2D eigenvalue weighted by Gasteiger charge is -2.06. The highest BCUT2D eigenvalue weighted by Gasteiger charge is 2.23. The van der Waals surface area contributed by atoms with E-state index in [-0.39, 0.29) is 16.3 Å². The van der Waals surface area contributed by atoms with E-state index in [0.717, 1.165) is 29.1 Å². The molecular weight excluding hydrogens is 338 g/mol. The zero-order chi connectivity index (χ0) is 17.6. The van der Waals surface area contributed by atoms with Crippen molar-refractivity contribution in [2.24, 2.45) is 0 Å². The van der Waals surface area contributed by atoms with Crippen LogP contribution in [0.2, 0.25) is 0 Å². The largest absolute Gasteiger partial charge is 0.478 e. The second-order valence-corrected chi connectivity index (χ2v) is 8.76. The first kappa shape index (κ1) is 19.6. The van der Waals surface area contributed by atoms with Gasteiger partial charge in [-0.3, -0.25) is 4.79 Å². The summed E-state index contributed by atoms with van der Waals surface area (Å²) in [4.78, 5) is 24.2. The number of hydrogen-bond acceptors (Lipinski definition) is 5. The SMILES string of the molecule is CCCCCS(=O)(=O)CC(=O)Nc1sc(C)c(CC)c1C(=O)O. The van der Waals surface area contributed by atoms with Gasteiger partial charge >= 0.3 is 5.97 Å². The van der Waals surface area contributed by atoms with E-state index in [4.69, 9.17) is 0 Å². The number of thiophene rings is 1. The van der Waals surface area contributed by atoms with Gasteiger partial charge in [-0.25, -0.2) is 13.2 Å². The van der Waals surface area contributed by atoms with Crippen molar-refractivity contribution in [2.45, 2.75) is 46.5 Å². The maximum atomic E-state index is 12.0. The summed E-state index contributed by atoms with van der Waals surface area (Å²) < 4.78 is 23.8. The van der Waals surface area contributed by atoms with E-state index in [0.29, 0.717) is 18.4 Å². The highest BCUT2D eigenvalue weighted by molar-refractivity contribution is 7.92. The number of unbranched alkanes of at least 4 members (excludes halogenated alkanes) is 2. The Balaban J connectivity index is 2.84. The lowest BCUT2D eigenvalue weighted by molar-refractivity contribution is -0.113. The number of carbonyl (C=O) groups excluding carboxylic acids is 1. The van der Waals surface area contributed by atoms with E-state index in [1.807, 2.05) is 13.8 Å². The number of aryl methyl sites for hydroxylation is 1. The summed E-state index contributed by atoms with van der Waals surface area (Å²) in [5.41, 5.74) is 0.732.